The molecule has 0 spiro atoms. The molecule has 1 unspecified atom stereocenters. The molecule has 1 fully saturated rings. The van der Waals surface area contributed by atoms with Gasteiger partial charge in [0.25, 0.3) is 0 Å². The highest BCUT2D eigenvalue weighted by Crippen LogP contribution is 2.36. The van der Waals surface area contributed by atoms with Crippen LogP contribution >= 0.6 is 0 Å². The summed E-state index contributed by atoms with van der Waals surface area (Å²) >= 11 is 0. The average molecular weight is 412 g/mol. The summed E-state index contributed by atoms with van der Waals surface area (Å²) < 4.78 is 11.5. The Morgan fingerprint density at radius 3 is 2.80 bits per heavy atom. The molecule has 0 aromatic heterocycles. The first-order valence-corrected chi connectivity index (χ1v) is 11.2. The van der Waals surface area contributed by atoms with Gasteiger partial charge in [-0.1, -0.05) is 37.5 Å². The molecule has 30 heavy (non-hydrogen) atoms. The first-order chi connectivity index (χ1) is 14.7. The Morgan fingerprint density at radius 1 is 1.10 bits per heavy atom. The lowest BCUT2D eigenvalue weighted by atomic mass is 9.82. The molecule has 162 valence electrons. The van der Waals surface area contributed by atoms with Gasteiger partial charge >= 0.3 is 0 Å². The van der Waals surface area contributed by atoms with Gasteiger partial charge in [-0.25, -0.2) is 0 Å². The standard InChI is InChI=1S/C25H33NO4/c27-12-14-29-23-8-4-5-19(15-23)17-26-11-13-30-24-10-9-21(16-22(24)18-26)25(28)20-6-2-1-3-7-20/h4-5,8-10,15-16,20,25,27-28H,1-3,6-7,11-14,17-18H2. The van der Waals surface area contributed by atoms with E-state index in [0.29, 0.717) is 19.1 Å². The minimum atomic E-state index is -0.382. The van der Waals surface area contributed by atoms with E-state index in [9.17, 15) is 5.11 Å². The van der Waals surface area contributed by atoms with Crippen LogP contribution in [0.4, 0.5) is 0 Å². The summed E-state index contributed by atoms with van der Waals surface area (Å²) in [4.78, 5) is 2.37. The second-order valence-electron chi connectivity index (χ2n) is 8.49. The highest BCUT2D eigenvalue weighted by Gasteiger charge is 2.24. The molecule has 0 radical (unpaired) electrons. The molecule has 1 saturated carbocycles. The van der Waals surface area contributed by atoms with Crippen molar-refractivity contribution in [3.8, 4) is 11.5 Å². The van der Waals surface area contributed by atoms with Gasteiger partial charge in [0.1, 0.15) is 24.7 Å². The summed E-state index contributed by atoms with van der Waals surface area (Å²) in [6.45, 7) is 3.41. The summed E-state index contributed by atoms with van der Waals surface area (Å²) in [7, 11) is 0. The highest BCUT2D eigenvalue weighted by atomic mass is 16.5. The maximum Gasteiger partial charge on any atom is 0.123 e. The number of hydrogen-bond acceptors (Lipinski definition) is 5. The predicted octanol–water partition coefficient (Wildman–Crippen LogP) is 4.07. The van der Waals surface area contributed by atoms with Crippen LogP contribution < -0.4 is 9.47 Å². The fourth-order valence-electron chi connectivity index (χ4n) is 4.66. The van der Waals surface area contributed by atoms with E-state index in [1.54, 1.807) is 0 Å². The largest absolute Gasteiger partial charge is 0.492 e. The summed E-state index contributed by atoms with van der Waals surface area (Å²) in [5.41, 5.74) is 3.34. The molecule has 1 atom stereocenters. The maximum absolute atomic E-state index is 10.9. The molecule has 0 amide bonds. The minimum Gasteiger partial charge on any atom is -0.492 e. The van der Waals surface area contributed by atoms with Gasteiger partial charge in [0.05, 0.1) is 12.7 Å². The van der Waals surface area contributed by atoms with Gasteiger partial charge in [-0.05, 0) is 54.2 Å². The molecule has 2 aliphatic rings. The van der Waals surface area contributed by atoms with Gasteiger partial charge in [-0.3, -0.25) is 4.90 Å². The van der Waals surface area contributed by atoms with Crippen molar-refractivity contribution in [3.05, 3.63) is 59.2 Å². The van der Waals surface area contributed by atoms with Crippen molar-refractivity contribution in [3.63, 3.8) is 0 Å². The third-order valence-corrected chi connectivity index (χ3v) is 6.25. The van der Waals surface area contributed by atoms with Crippen LogP contribution in [0, 0.1) is 5.92 Å². The Kier molecular flexibility index (Phi) is 7.26. The van der Waals surface area contributed by atoms with E-state index < -0.39 is 0 Å². The summed E-state index contributed by atoms with van der Waals surface area (Å²) in [5, 5.41) is 19.9. The Labute approximate surface area is 179 Å². The fraction of sp³-hybridized carbons (Fsp3) is 0.520. The molecule has 0 saturated heterocycles. The molecular weight excluding hydrogens is 378 g/mol. The zero-order valence-electron chi connectivity index (χ0n) is 17.6. The predicted molar refractivity (Wildman–Crippen MR) is 117 cm³/mol. The van der Waals surface area contributed by atoms with Crippen molar-refractivity contribution in [2.75, 3.05) is 26.4 Å². The molecule has 2 N–H and O–H groups in total. The second kappa shape index (κ2) is 10.3. The lowest BCUT2D eigenvalue weighted by Gasteiger charge is -2.27. The number of hydrogen-bond donors (Lipinski definition) is 2. The molecule has 1 aliphatic heterocycles. The van der Waals surface area contributed by atoms with Gasteiger partial charge in [-0.15, -0.1) is 0 Å². The fourth-order valence-corrected chi connectivity index (χ4v) is 4.66. The Balaban J connectivity index is 1.46. The number of fused-ring (bicyclic) bond motifs is 1. The Hall–Kier alpha value is -2.08. The molecular formula is C25H33NO4. The van der Waals surface area contributed by atoms with E-state index in [1.165, 1.54) is 24.8 Å². The molecule has 2 aromatic rings. The lowest BCUT2D eigenvalue weighted by molar-refractivity contribution is 0.0847. The Morgan fingerprint density at radius 2 is 1.97 bits per heavy atom. The zero-order valence-corrected chi connectivity index (χ0v) is 17.6. The number of aliphatic hydroxyl groups excluding tert-OH is 2. The smallest absolute Gasteiger partial charge is 0.123 e. The van der Waals surface area contributed by atoms with E-state index in [4.69, 9.17) is 14.6 Å². The van der Waals surface area contributed by atoms with Crippen molar-refractivity contribution in [2.24, 2.45) is 5.92 Å². The maximum atomic E-state index is 10.9. The number of benzene rings is 2. The molecule has 1 heterocycles. The molecule has 0 bridgehead atoms. The molecule has 2 aromatic carbocycles. The van der Waals surface area contributed by atoms with Crippen molar-refractivity contribution >= 4 is 0 Å². The van der Waals surface area contributed by atoms with Crippen LogP contribution in [0.5, 0.6) is 11.5 Å². The first kappa shape index (κ1) is 21.2. The van der Waals surface area contributed by atoms with Gasteiger partial charge in [0.2, 0.25) is 0 Å². The van der Waals surface area contributed by atoms with Gasteiger partial charge in [0.15, 0.2) is 0 Å². The highest BCUT2D eigenvalue weighted by molar-refractivity contribution is 5.39. The van der Waals surface area contributed by atoms with E-state index in [2.05, 4.69) is 17.0 Å². The van der Waals surface area contributed by atoms with E-state index in [1.807, 2.05) is 30.3 Å². The summed E-state index contributed by atoms with van der Waals surface area (Å²) in [6, 6.07) is 14.3. The number of aliphatic hydroxyl groups is 2. The van der Waals surface area contributed by atoms with Crippen LogP contribution in [-0.2, 0) is 13.1 Å². The number of nitrogens with zero attached hydrogens (tertiary/aromatic N) is 1. The third kappa shape index (κ3) is 5.34. The van der Waals surface area contributed by atoms with Crippen LogP contribution in [0.2, 0.25) is 0 Å². The average Bonchev–Trinajstić information content (AvgIpc) is 2.99. The third-order valence-electron chi connectivity index (χ3n) is 6.25. The van der Waals surface area contributed by atoms with Gasteiger partial charge in [0, 0.05) is 25.2 Å². The SMILES string of the molecule is OCCOc1cccc(CN2CCOc3ccc(C(O)C4CCCCC4)cc3C2)c1. The van der Waals surface area contributed by atoms with Crippen molar-refractivity contribution in [1.29, 1.82) is 0 Å². The quantitative estimate of drug-likeness (QED) is 0.719. The van der Waals surface area contributed by atoms with E-state index in [0.717, 1.165) is 55.1 Å². The number of ether oxygens (including phenoxy) is 2. The topological polar surface area (TPSA) is 62.2 Å². The molecule has 1 aliphatic carbocycles. The number of rotatable bonds is 7. The van der Waals surface area contributed by atoms with E-state index >= 15 is 0 Å². The van der Waals surface area contributed by atoms with Gasteiger partial charge < -0.3 is 19.7 Å². The first-order valence-electron chi connectivity index (χ1n) is 11.2. The van der Waals surface area contributed by atoms with E-state index in [-0.39, 0.29) is 12.7 Å². The van der Waals surface area contributed by atoms with Gasteiger partial charge in [-0.2, -0.15) is 0 Å². The second-order valence-corrected chi connectivity index (χ2v) is 8.49. The van der Waals surface area contributed by atoms with Crippen molar-refractivity contribution in [1.82, 2.24) is 4.90 Å². The molecule has 5 nitrogen and oxygen atoms in total. The van der Waals surface area contributed by atoms with Crippen molar-refractivity contribution in [2.45, 2.75) is 51.3 Å². The van der Waals surface area contributed by atoms with Crippen LogP contribution in [0.25, 0.3) is 0 Å². The lowest BCUT2D eigenvalue weighted by Crippen LogP contribution is -2.25. The van der Waals surface area contributed by atoms with Crippen LogP contribution in [0.15, 0.2) is 42.5 Å². The zero-order chi connectivity index (χ0) is 20.8. The van der Waals surface area contributed by atoms with Crippen LogP contribution in [0.3, 0.4) is 0 Å². The van der Waals surface area contributed by atoms with Crippen LogP contribution in [0.1, 0.15) is 54.9 Å². The minimum absolute atomic E-state index is 0.0134. The Bertz CT molecular complexity index is 819. The van der Waals surface area contributed by atoms with Crippen LogP contribution in [-0.4, -0.2) is 41.5 Å². The van der Waals surface area contributed by atoms with Crippen molar-refractivity contribution < 1.29 is 19.7 Å². The molecule has 5 heteroatoms. The molecule has 4 rings (SSSR count). The summed E-state index contributed by atoms with van der Waals surface area (Å²) in [5.74, 6) is 2.09. The normalized spacial score (nSPS) is 18.9. The monoisotopic (exact) mass is 411 g/mol. The summed E-state index contributed by atoms with van der Waals surface area (Å²) in [6.07, 6.45) is 5.61.